The molecule has 3 aromatic rings. The second-order valence-electron chi connectivity index (χ2n) is 4.88. The number of nitrogens with zero attached hydrogens (tertiary/aromatic N) is 2. The minimum absolute atomic E-state index is 0.0824. The Morgan fingerprint density at radius 1 is 1.30 bits per heavy atom. The van der Waals surface area contributed by atoms with Crippen LogP contribution >= 0.6 is 0 Å². The molecule has 1 aromatic carbocycles. The number of hydrogen-bond acceptors (Lipinski definition) is 3. The summed E-state index contributed by atoms with van der Waals surface area (Å²) < 4.78 is 7.24. The number of benzene rings is 1. The first-order chi connectivity index (χ1) is 9.49. The van der Waals surface area contributed by atoms with Gasteiger partial charge in [0.25, 0.3) is 0 Å². The van der Waals surface area contributed by atoms with Crippen molar-refractivity contribution in [3.8, 4) is 11.3 Å². The lowest BCUT2D eigenvalue weighted by atomic mass is 10.1. The Morgan fingerprint density at radius 2 is 2.05 bits per heavy atom. The van der Waals surface area contributed by atoms with E-state index in [9.17, 15) is 4.79 Å². The van der Waals surface area contributed by atoms with Gasteiger partial charge >= 0.3 is 5.97 Å². The maximum absolute atomic E-state index is 10.8. The summed E-state index contributed by atoms with van der Waals surface area (Å²) in [5.41, 5.74) is 4.30. The molecular formula is C15H14N2O3. The molecule has 0 aliphatic heterocycles. The van der Waals surface area contributed by atoms with Gasteiger partial charge in [0.1, 0.15) is 0 Å². The Labute approximate surface area is 115 Å². The molecule has 2 aromatic heterocycles. The van der Waals surface area contributed by atoms with Gasteiger partial charge in [-0.1, -0.05) is 5.16 Å². The van der Waals surface area contributed by atoms with Gasteiger partial charge in [-0.25, -0.2) is 4.79 Å². The molecule has 0 unspecified atom stereocenters. The summed E-state index contributed by atoms with van der Waals surface area (Å²) in [5.74, 6) is -0.627. The summed E-state index contributed by atoms with van der Waals surface area (Å²) in [7, 11) is 2.03. The molecule has 2 heterocycles. The van der Waals surface area contributed by atoms with Crippen LogP contribution in [-0.4, -0.2) is 20.8 Å². The zero-order valence-electron chi connectivity index (χ0n) is 11.5. The molecule has 20 heavy (non-hydrogen) atoms. The van der Waals surface area contributed by atoms with Crippen molar-refractivity contribution in [3.63, 3.8) is 0 Å². The highest BCUT2D eigenvalue weighted by Crippen LogP contribution is 2.29. The van der Waals surface area contributed by atoms with Crippen LogP contribution in [0.4, 0.5) is 0 Å². The molecule has 0 atom stereocenters. The van der Waals surface area contributed by atoms with Gasteiger partial charge < -0.3 is 14.2 Å². The molecule has 0 fully saturated rings. The number of carboxylic acids is 1. The van der Waals surface area contributed by atoms with Crippen LogP contribution in [0, 0.1) is 13.8 Å². The Kier molecular flexibility index (Phi) is 2.64. The van der Waals surface area contributed by atoms with E-state index in [1.807, 2.05) is 25.2 Å². The van der Waals surface area contributed by atoms with Gasteiger partial charge in [0, 0.05) is 35.3 Å². The average Bonchev–Trinajstić information content (AvgIpc) is 3.00. The van der Waals surface area contributed by atoms with Gasteiger partial charge in [0.05, 0.1) is 0 Å². The van der Waals surface area contributed by atoms with E-state index in [0.717, 1.165) is 16.5 Å². The van der Waals surface area contributed by atoms with Gasteiger partial charge in [0.2, 0.25) is 0 Å². The van der Waals surface area contributed by atoms with Crippen molar-refractivity contribution in [3.05, 3.63) is 41.2 Å². The topological polar surface area (TPSA) is 68.3 Å². The Bertz CT molecular complexity index is 827. The second-order valence-corrected chi connectivity index (χ2v) is 4.88. The lowest BCUT2D eigenvalue weighted by Gasteiger charge is -1.99. The fourth-order valence-corrected chi connectivity index (χ4v) is 2.42. The highest BCUT2D eigenvalue weighted by atomic mass is 16.5. The number of aromatic carboxylic acids is 1. The third-order valence-corrected chi connectivity index (χ3v) is 3.82. The van der Waals surface area contributed by atoms with Crippen molar-refractivity contribution < 1.29 is 14.4 Å². The van der Waals surface area contributed by atoms with Crippen molar-refractivity contribution in [1.29, 1.82) is 0 Å². The third kappa shape index (κ3) is 1.71. The minimum atomic E-state index is -1.09. The summed E-state index contributed by atoms with van der Waals surface area (Å²) in [5, 5.41) is 13.5. The van der Waals surface area contributed by atoms with Crippen LogP contribution in [-0.2, 0) is 7.05 Å². The average molecular weight is 270 g/mol. The molecule has 5 nitrogen and oxygen atoms in total. The molecular weight excluding hydrogens is 256 g/mol. The molecule has 1 N–H and O–H groups in total. The monoisotopic (exact) mass is 270 g/mol. The number of rotatable bonds is 2. The van der Waals surface area contributed by atoms with Crippen LogP contribution in [0.25, 0.3) is 22.2 Å². The molecule has 0 amide bonds. The predicted molar refractivity (Wildman–Crippen MR) is 74.8 cm³/mol. The first kappa shape index (κ1) is 12.5. The number of hydrogen-bond donors (Lipinski definition) is 1. The highest BCUT2D eigenvalue weighted by molar-refractivity contribution is 5.90. The zero-order valence-corrected chi connectivity index (χ0v) is 11.5. The Balaban J connectivity index is 2.17. The Hall–Kier alpha value is -2.56. The van der Waals surface area contributed by atoms with Gasteiger partial charge in [-0.05, 0) is 37.6 Å². The largest absolute Gasteiger partial charge is 0.476 e. The lowest BCUT2D eigenvalue weighted by Crippen LogP contribution is -1.94. The smallest absolute Gasteiger partial charge is 0.358 e. The number of carboxylic acid groups (broad SMARTS) is 1. The lowest BCUT2D eigenvalue weighted by molar-refractivity contribution is 0.0686. The predicted octanol–water partition coefficient (Wildman–Crippen LogP) is 3.15. The maximum Gasteiger partial charge on any atom is 0.358 e. The van der Waals surface area contributed by atoms with Crippen LogP contribution in [0.3, 0.4) is 0 Å². The molecule has 102 valence electrons. The van der Waals surface area contributed by atoms with Crippen LogP contribution in [0.1, 0.15) is 21.7 Å². The molecule has 3 rings (SSSR count). The summed E-state index contributed by atoms with van der Waals surface area (Å²) in [6.07, 6.45) is 0. The molecule has 0 aliphatic carbocycles. The zero-order chi connectivity index (χ0) is 14.4. The van der Waals surface area contributed by atoms with E-state index >= 15 is 0 Å². The number of aryl methyl sites for hydroxylation is 2. The quantitative estimate of drug-likeness (QED) is 0.776. The molecule has 0 saturated carbocycles. The van der Waals surface area contributed by atoms with E-state index in [-0.39, 0.29) is 5.69 Å². The van der Waals surface area contributed by atoms with Gasteiger partial charge in [-0.2, -0.15) is 0 Å². The van der Waals surface area contributed by atoms with Gasteiger partial charge in [-0.3, -0.25) is 0 Å². The van der Waals surface area contributed by atoms with E-state index < -0.39 is 5.97 Å². The molecule has 0 aliphatic rings. The molecule has 0 radical (unpaired) electrons. The molecule has 0 spiro atoms. The summed E-state index contributed by atoms with van der Waals surface area (Å²) in [6, 6.07) is 7.36. The van der Waals surface area contributed by atoms with E-state index in [1.165, 1.54) is 17.3 Å². The summed E-state index contributed by atoms with van der Waals surface area (Å²) >= 11 is 0. The summed E-state index contributed by atoms with van der Waals surface area (Å²) in [4.78, 5) is 10.8. The number of carbonyl (C=O) groups is 1. The normalized spacial score (nSPS) is 11.2. The second kappa shape index (κ2) is 4.23. The standard InChI is InChI=1S/C15H14N2O3/c1-8-9(2)17(3)13-5-4-10(6-11(8)13)14-7-12(15(18)19)16-20-14/h4-7H,1-3H3,(H,18,19). The van der Waals surface area contributed by atoms with Crippen molar-refractivity contribution in [2.45, 2.75) is 13.8 Å². The SMILES string of the molecule is Cc1c(C)n(C)c2ccc(-c3cc(C(=O)O)no3)cc12. The molecule has 0 bridgehead atoms. The van der Waals surface area contributed by atoms with E-state index in [4.69, 9.17) is 9.63 Å². The highest BCUT2D eigenvalue weighted by Gasteiger charge is 2.14. The van der Waals surface area contributed by atoms with Gasteiger partial charge in [0.15, 0.2) is 11.5 Å². The van der Waals surface area contributed by atoms with E-state index in [0.29, 0.717) is 5.76 Å². The van der Waals surface area contributed by atoms with E-state index in [1.54, 1.807) is 0 Å². The van der Waals surface area contributed by atoms with E-state index in [2.05, 4.69) is 23.6 Å². The van der Waals surface area contributed by atoms with Crippen LogP contribution in [0.5, 0.6) is 0 Å². The first-order valence-corrected chi connectivity index (χ1v) is 6.25. The number of fused-ring (bicyclic) bond motifs is 1. The first-order valence-electron chi connectivity index (χ1n) is 6.25. The fraction of sp³-hybridized carbons (Fsp3) is 0.200. The fourth-order valence-electron chi connectivity index (χ4n) is 2.42. The minimum Gasteiger partial charge on any atom is -0.476 e. The maximum atomic E-state index is 10.8. The van der Waals surface area contributed by atoms with Crippen molar-refractivity contribution >= 4 is 16.9 Å². The summed E-state index contributed by atoms with van der Waals surface area (Å²) in [6.45, 7) is 4.15. The Morgan fingerprint density at radius 3 is 2.70 bits per heavy atom. The van der Waals surface area contributed by atoms with Crippen LogP contribution in [0.2, 0.25) is 0 Å². The molecule has 5 heteroatoms. The van der Waals surface area contributed by atoms with Gasteiger partial charge in [-0.15, -0.1) is 0 Å². The van der Waals surface area contributed by atoms with Crippen molar-refractivity contribution in [2.24, 2.45) is 7.05 Å². The van der Waals surface area contributed by atoms with Crippen LogP contribution in [0.15, 0.2) is 28.8 Å². The van der Waals surface area contributed by atoms with Crippen molar-refractivity contribution in [2.75, 3.05) is 0 Å². The molecule has 0 saturated heterocycles. The van der Waals surface area contributed by atoms with Crippen LogP contribution < -0.4 is 0 Å². The third-order valence-electron chi connectivity index (χ3n) is 3.82. The van der Waals surface area contributed by atoms with Crippen molar-refractivity contribution in [1.82, 2.24) is 9.72 Å². The number of aromatic nitrogens is 2.